The molecule has 0 bridgehead atoms. The average Bonchev–Trinajstić information content (AvgIpc) is 2.25. The smallest absolute Gasteiger partial charge is 0.143 e. The molecule has 0 fully saturated rings. The zero-order valence-corrected chi connectivity index (χ0v) is 10.1. The van der Waals surface area contributed by atoms with E-state index in [0.29, 0.717) is 0 Å². The molecule has 15 heavy (non-hydrogen) atoms. The molecule has 0 aliphatic heterocycles. The highest BCUT2D eigenvalue weighted by molar-refractivity contribution is 8.00. The van der Waals surface area contributed by atoms with Crippen molar-refractivity contribution < 1.29 is 9.53 Å². The van der Waals surface area contributed by atoms with Crippen LogP contribution < -0.4 is 4.74 Å². The summed E-state index contributed by atoms with van der Waals surface area (Å²) in [4.78, 5) is 12.4. The van der Waals surface area contributed by atoms with Crippen LogP contribution >= 0.6 is 11.8 Å². The van der Waals surface area contributed by atoms with E-state index in [-0.39, 0.29) is 11.0 Å². The fourth-order valence-electron chi connectivity index (χ4n) is 1.29. The predicted molar refractivity (Wildman–Crippen MR) is 63.6 cm³/mol. The van der Waals surface area contributed by atoms with Crippen LogP contribution in [0.25, 0.3) is 0 Å². The highest BCUT2D eigenvalue weighted by Gasteiger charge is 2.13. The third-order valence-corrected chi connectivity index (χ3v) is 3.62. The van der Waals surface area contributed by atoms with Gasteiger partial charge < -0.3 is 4.74 Å². The topological polar surface area (TPSA) is 26.3 Å². The number of carbonyl (C=O) groups excluding carboxylic acids is 1. The molecular formula is C12H16O2S. The highest BCUT2D eigenvalue weighted by atomic mass is 32.2. The maximum Gasteiger partial charge on any atom is 0.143 e. The van der Waals surface area contributed by atoms with Gasteiger partial charge in [0.15, 0.2) is 0 Å². The third-order valence-electron chi connectivity index (χ3n) is 2.14. The van der Waals surface area contributed by atoms with E-state index in [2.05, 4.69) is 0 Å². The zero-order chi connectivity index (χ0) is 11.3. The van der Waals surface area contributed by atoms with Crippen molar-refractivity contribution >= 4 is 17.5 Å². The number of hydrogen-bond acceptors (Lipinski definition) is 3. The minimum absolute atomic E-state index is 0.0529. The van der Waals surface area contributed by atoms with Crippen LogP contribution in [0.5, 0.6) is 5.75 Å². The van der Waals surface area contributed by atoms with Crippen molar-refractivity contribution in [1.82, 2.24) is 0 Å². The summed E-state index contributed by atoms with van der Waals surface area (Å²) in [6.45, 7) is 3.67. The molecule has 0 aliphatic rings. The minimum Gasteiger partial charge on any atom is -0.497 e. The molecule has 0 saturated carbocycles. The van der Waals surface area contributed by atoms with Crippen molar-refractivity contribution in [3.05, 3.63) is 24.3 Å². The normalized spacial score (nSPS) is 12.2. The number of thioether (sulfide) groups is 1. The standard InChI is InChI=1S/C12H16O2S/c1-4-12(9(2)13)15-11-7-5-6-10(8-11)14-3/h5-8,12H,4H2,1-3H3. The lowest BCUT2D eigenvalue weighted by Crippen LogP contribution is -2.11. The van der Waals surface area contributed by atoms with Gasteiger partial charge in [0.25, 0.3) is 0 Å². The van der Waals surface area contributed by atoms with Crippen molar-refractivity contribution in [1.29, 1.82) is 0 Å². The number of ether oxygens (including phenoxy) is 1. The Hall–Kier alpha value is -0.960. The van der Waals surface area contributed by atoms with Gasteiger partial charge in [0, 0.05) is 4.90 Å². The lowest BCUT2D eigenvalue weighted by molar-refractivity contribution is -0.116. The number of hydrogen-bond donors (Lipinski definition) is 0. The Labute approximate surface area is 95.0 Å². The van der Waals surface area contributed by atoms with Gasteiger partial charge >= 0.3 is 0 Å². The van der Waals surface area contributed by atoms with Crippen molar-refractivity contribution in [2.75, 3.05) is 7.11 Å². The Morgan fingerprint density at radius 3 is 2.80 bits per heavy atom. The van der Waals surface area contributed by atoms with E-state index in [1.807, 2.05) is 31.2 Å². The van der Waals surface area contributed by atoms with E-state index in [1.54, 1.807) is 25.8 Å². The number of carbonyl (C=O) groups is 1. The fraction of sp³-hybridized carbons (Fsp3) is 0.417. The van der Waals surface area contributed by atoms with Crippen LogP contribution in [0.1, 0.15) is 20.3 Å². The molecule has 0 spiro atoms. The molecule has 1 rings (SSSR count). The van der Waals surface area contributed by atoms with E-state index in [0.717, 1.165) is 17.1 Å². The first kappa shape index (κ1) is 12.1. The molecule has 1 aromatic carbocycles. The van der Waals surface area contributed by atoms with E-state index < -0.39 is 0 Å². The summed E-state index contributed by atoms with van der Waals surface area (Å²) in [5.74, 6) is 1.06. The van der Waals surface area contributed by atoms with E-state index in [9.17, 15) is 4.79 Å². The number of rotatable bonds is 5. The summed E-state index contributed by atoms with van der Waals surface area (Å²) in [6.07, 6.45) is 0.858. The molecule has 0 heterocycles. The van der Waals surface area contributed by atoms with Crippen LogP contribution in [0, 0.1) is 0 Å². The molecular weight excluding hydrogens is 208 g/mol. The van der Waals surface area contributed by atoms with Crippen molar-refractivity contribution in [3.8, 4) is 5.75 Å². The highest BCUT2D eigenvalue weighted by Crippen LogP contribution is 2.28. The molecule has 0 saturated heterocycles. The first-order chi connectivity index (χ1) is 7.17. The molecule has 0 aromatic heterocycles. The van der Waals surface area contributed by atoms with Gasteiger partial charge in [-0.05, 0) is 31.5 Å². The van der Waals surface area contributed by atoms with Gasteiger partial charge in [0.1, 0.15) is 11.5 Å². The summed E-state index contributed by atoms with van der Waals surface area (Å²) >= 11 is 1.60. The molecule has 0 amide bonds. The van der Waals surface area contributed by atoms with Crippen LogP contribution in [-0.2, 0) is 4.79 Å². The molecule has 1 atom stereocenters. The second-order valence-electron chi connectivity index (χ2n) is 3.30. The van der Waals surface area contributed by atoms with Crippen LogP contribution in [0.15, 0.2) is 29.2 Å². The van der Waals surface area contributed by atoms with Gasteiger partial charge in [-0.3, -0.25) is 4.79 Å². The van der Waals surface area contributed by atoms with Gasteiger partial charge in [0.2, 0.25) is 0 Å². The lowest BCUT2D eigenvalue weighted by Gasteiger charge is -2.11. The quantitative estimate of drug-likeness (QED) is 0.719. The van der Waals surface area contributed by atoms with Gasteiger partial charge in [-0.25, -0.2) is 0 Å². The Bertz CT molecular complexity index is 336. The Morgan fingerprint density at radius 2 is 2.27 bits per heavy atom. The molecule has 0 radical (unpaired) electrons. The SMILES string of the molecule is CCC(Sc1cccc(OC)c1)C(C)=O. The lowest BCUT2D eigenvalue weighted by atomic mass is 10.2. The van der Waals surface area contributed by atoms with Crippen LogP contribution in [0.3, 0.4) is 0 Å². The monoisotopic (exact) mass is 224 g/mol. The predicted octanol–water partition coefficient (Wildman–Crippen LogP) is 3.15. The Kier molecular flexibility index (Phi) is 4.69. The van der Waals surface area contributed by atoms with Gasteiger partial charge in [-0.2, -0.15) is 0 Å². The van der Waals surface area contributed by atoms with E-state index in [1.165, 1.54) is 0 Å². The molecule has 82 valence electrons. The molecule has 1 aromatic rings. The first-order valence-corrected chi connectivity index (χ1v) is 5.86. The van der Waals surface area contributed by atoms with E-state index >= 15 is 0 Å². The second kappa shape index (κ2) is 5.81. The number of benzene rings is 1. The van der Waals surface area contributed by atoms with Crippen molar-refractivity contribution in [3.63, 3.8) is 0 Å². The first-order valence-electron chi connectivity index (χ1n) is 4.98. The molecule has 3 heteroatoms. The zero-order valence-electron chi connectivity index (χ0n) is 9.32. The summed E-state index contributed by atoms with van der Waals surface area (Å²) in [6, 6.07) is 7.79. The van der Waals surface area contributed by atoms with E-state index in [4.69, 9.17) is 4.74 Å². The van der Waals surface area contributed by atoms with Crippen LogP contribution in [0.2, 0.25) is 0 Å². The van der Waals surface area contributed by atoms with Crippen molar-refractivity contribution in [2.45, 2.75) is 30.4 Å². The largest absolute Gasteiger partial charge is 0.497 e. The minimum atomic E-state index is 0.0529. The maximum atomic E-state index is 11.3. The second-order valence-corrected chi connectivity index (χ2v) is 4.58. The summed E-state index contributed by atoms with van der Waals surface area (Å²) in [5, 5.41) is 0.0529. The van der Waals surface area contributed by atoms with Crippen LogP contribution in [0.4, 0.5) is 0 Å². The maximum absolute atomic E-state index is 11.3. The van der Waals surface area contributed by atoms with Crippen LogP contribution in [-0.4, -0.2) is 18.1 Å². The van der Waals surface area contributed by atoms with Gasteiger partial charge in [-0.1, -0.05) is 13.0 Å². The summed E-state index contributed by atoms with van der Waals surface area (Å²) in [5.41, 5.74) is 0. The fourth-order valence-corrected chi connectivity index (χ4v) is 2.30. The summed E-state index contributed by atoms with van der Waals surface area (Å²) in [7, 11) is 1.64. The van der Waals surface area contributed by atoms with Crippen molar-refractivity contribution in [2.24, 2.45) is 0 Å². The van der Waals surface area contributed by atoms with Gasteiger partial charge in [0.05, 0.1) is 12.4 Å². The van der Waals surface area contributed by atoms with Gasteiger partial charge in [-0.15, -0.1) is 11.8 Å². The summed E-state index contributed by atoms with van der Waals surface area (Å²) < 4.78 is 5.13. The number of ketones is 1. The Morgan fingerprint density at radius 1 is 1.53 bits per heavy atom. The molecule has 0 N–H and O–H groups in total. The average molecular weight is 224 g/mol. The number of Topliss-reactive ketones (excluding diaryl/α,β-unsaturated/α-hetero) is 1. The molecule has 0 aliphatic carbocycles. The molecule has 2 nitrogen and oxygen atoms in total. The third kappa shape index (κ3) is 3.59. The number of methoxy groups -OCH3 is 1. The molecule has 1 unspecified atom stereocenters. The Balaban J connectivity index is 2.74.